The van der Waals surface area contributed by atoms with Gasteiger partial charge in [-0.15, -0.1) is 0 Å². The zero-order valence-corrected chi connectivity index (χ0v) is 12.7. The second-order valence-electron chi connectivity index (χ2n) is 5.88. The predicted octanol–water partition coefficient (Wildman–Crippen LogP) is 1.51. The van der Waals surface area contributed by atoms with Crippen LogP contribution in [0.3, 0.4) is 0 Å². The van der Waals surface area contributed by atoms with Crippen molar-refractivity contribution in [2.24, 2.45) is 0 Å². The standard InChI is InChI=1S/C16H20N2O4/c1-17-11-16(22-15(17)20)8-9-18(12-16)14(19)7-10-21-13-5-3-2-4-6-13/h2-6H,7-12H2,1H3/t16-/m1/s1. The molecule has 2 fully saturated rings. The number of carbonyl (C=O) groups excluding carboxylic acids is 2. The van der Waals surface area contributed by atoms with Crippen molar-refractivity contribution in [3.05, 3.63) is 30.3 Å². The average molecular weight is 304 g/mol. The summed E-state index contributed by atoms with van der Waals surface area (Å²) < 4.78 is 11.0. The molecule has 118 valence electrons. The van der Waals surface area contributed by atoms with Crippen LogP contribution in [0.1, 0.15) is 12.8 Å². The van der Waals surface area contributed by atoms with Gasteiger partial charge in [-0.1, -0.05) is 18.2 Å². The Labute approximate surface area is 129 Å². The van der Waals surface area contributed by atoms with E-state index in [9.17, 15) is 9.59 Å². The molecule has 0 saturated carbocycles. The number of para-hydroxylation sites is 1. The van der Waals surface area contributed by atoms with E-state index in [1.54, 1.807) is 16.8 Å². The predicted molar refractivity (Wildman–Crippen MR) is 79.6 cm³/mol. The highest BCUT2D eigenvalue weighted by atomic mass is 16.6. The Balaban J connectivity index is 1.47. The molecule has 2 aliphatic rings. The summed E-state index contributed by atoms with van der Waals surface area (Å²) in [6.45, 7) is 2.01. The third-order valence-electron chi connectivity index (χ3n) is 4.14. The zero-order valence-electron chi connectivity index (χ0n) is 12.7. The number of hydrogen-bond donors (Lipinski definition) is 0. The van der Waals surface area contributed by atoms with E-state index in [4.69, 9.17) is 9.47 Å². The van der Waals surface area contributed by atoms with E-state index in [0.29, 0.717) is 39.1 Å². The lowest BCUT2D eigenvalue weighted by Crippen LogP contribution is -2.39. The SMILES string of the molecule is CN1C[C@@]2(CCN(C(=O)CCOc3ccccc3)C2)OC1=O. The Morgan fingerprint density at radius 1 is 1.32 bits per heavy atom. The van der Waals surface area contributed by atoms with Gasteiger partial charge in [0, 0.05) is 20.0 Å². The fourth-order valence-corrected chi connectivity index (χ4v) is 2.99. The number of benzene rings is 1. The maximum Gasteiger partial charge on any atom is 0.410 e. The highest BCUT2D eigenvalue weighted by molar-refractivity contribution is 5.77. The number of ether oxygens (including phenoxy) is 2. The normalized spacial score (nSPS) is 24.0. The number of likely N-dealkylation sites (N-methyl/N-ethyl adjacent to an activating group) is 1. The Morgan fingerprint density at radius 2 is 2.09 bits per heavy atom. The molecule has 0 bridgehead atoms. The molecule has 2 aliphatic heterocycles. The van der Waals surface area contributed by atoms with Crippen LogP contribution in [-0.4, -0.2) is 60.7 Å². The quantitative estimate of drug-likeness (QED) is 0.846. The van der Waals surface area contributed by atoms with E-state index in [0.717, 1.165) is 5.75 Å². The molecule has 0 aromatic heterocycles. The number of carbonyl (C=O) groups is 2. The van der Waals surface area contributed by atoms with Gasteiger partial charge in [0.1, 0.15) is 5.75 Å². The summed E-state index contributed by atoms with van der Waals surface area (Å²) in [6, 6.07) is 9.44. The fraction of sp³-hybridized carbons (Fsp3) is 0.500. The smallest absolute Gasteiger partial charge is 0.410 e. The number of hydrogen-bond acceptors (Lipinski definition) is 4. The number of amides is 2. The maximum atomic E-state index is 12.2. The second-order valence-corrected chi connectivity index (χ2v) is 5.88. The van der Waals surface area contributed by atoms with Crippen LogP contribution in [0.4, 0.5) is 4.79 Å². The van der Waals surface area contributed by atoms with Gasteiger partial charge in [0.2, 0.25) is 5.91 Å². The molecule has 2 saturated heterocycles. The lowest BCUT2D eigenvalue weighted by molar-refractivity contribution is -0.131. The highest BCUT2D eigenvalue weighted by Crippen LogP contribution is 2.31. The molecule has 2 heterocycles. The minimum Gasteiger partial charge on any atom is -0.493 e. The first kappa shape index (κ1) is 14.7. The Kier molecular flexibility index (Phi) is 3.92. The third-order valence-corrected chi connectivity index (χ3v) is 4.14. The van der Waals surface area contributed by atoms with Gasteiger partial charge in [-0.05, 0) is 12.1 Å². The van der Waals surface area contributed by atoms with Crippen LogP contribution in [-0.2, 0) is 9.53 Å². The molecule has 0 radical (unpaired) electrons. The van der Waals surface area contributed by atoms with Gasteiger partial charge >= 0.3 is 6.09 Å². The average Bonchev–Trinajstić information content (AvgIpc) is 3.04. The van der Waals surface area contributed by atoms with E-state index < -0.39 is 5.60 Å². The van der Waals surface area contributed by atoms with Crippen LogP contribution in [0.5, 0.6) is 5.75 Å². The highest BCUT2D eigenvalue weighted by Gasteiger charge is 2.49. The summed E-state index contributed by atoms with van der Waals surface area (Å²) in [5.41, 5.74) is -0.512. The number of nitrogens with zero attached hydrogens (tertiary/aromatic N) is 2. The Bertz CT molecular complexity index is 563. The van der Waals surface area contributed by atoms with Crippen LogP contribution in [0.15, 0.2) is 30.3 Å². The molecule has 1 spiro atoms. The molecule has 6 heteroatoms. The summed E-state index contributed by atoms with van der Waals surface area (Å²) in [7, 11) is 1.72. The van der Waals surface area contributed by atoms with E-state index in [1.807, 2.05) is 30.3 Å². The maximum absolute atomic E-state index is 12.2. The van der Waals surface area contributed by atoms with Crippen molar-refractivity contribution >= 4 is 12.0 Å². The van der Waals surface area contributed by atoms with Crippen molar-refractivity contribution in [3.63, 3.8) is 0 Å². The molecular formula is C16H20N2O4. The van der Waals surface area contributed by atoms with Crippen LogP contribution in [0, 0.1) is 0 Å². The van der Waals surface area contributed by atoms with Crippen molar-refractivity contribution in [1.82, 2.24) is 9.80 Å². The van der Waals surface area contributed by atoms with E-state index in [1.165, 1.54) is 0 Å². The van der Waals surface area contributed by atoms with Gasteiger partial charge in [-0.2, -0.15) is 0 Å². The van der Waals surface area contributed by atoms with Gasteiger partial charge in [0.05, 0.1) is 26.1 Å². The van der Waals surface area contributed by atoms with E-state index in [-0.39, 0.29) is 12.0 Å². The molecule has 1 aromatic carbocycles. The Morgan fingerprint density at radius 3 is 2.77 bits per heavy atom. The lowest BCUT2D eigenvalue weighted by atomic mass is 10.0. The van der Waals surface area contributed by atoms with Crippen molar-refractivity contribution in [2.45, 2.75) is 18.4 Å². The summed E-state index contributed by atoms with van der Waals surface area (Å²) in [6.07, 6.45) is 0.727. The molecular weight excluding hydrogens is 284 g/mol. The third kappa shape index (κ3) is 3.00. The van der Waals surface area contributed by atoms with Crippen LogP contribution in [0.2, 0.25) is 0 Å². The van der Waals surface area contributed by atoms with Crippen molar-refractivity contribution in [3.8, 4) is 5.75 Å². The minimum absolute atomic E-state index is 0.0402. The molecule has 0 unspecified atom stereocenters. The first-order chi connectivity index (χ1) is 10.6. The number of rotatable bonds is 4. The van der Waals surface area contributed by atoms with Crippen molar-refractivity contribution in [2.75, 3.05) is 33.3 Å². The van der Waals surface area contributed by atoms with Crippen LogP contribution in [0.25, 0.3) is 0 Å². The Hall–Kier alpha value is -2.24. The summed E-state index contributed by atoms with van der Waals surface area (Å²) in [5.74, 6) is 0.804. The van der Waals surface area contributed by atoms with E-state index in [2.05, 4.69) is 0 Å². The number of likely N-dealkylation sites (tertiary alicyclic amines) is 1. The molecule has 0 aliphatic carbocycles. The largest absolute Gasteiger partial charge is 0.493 e. The lowest BCUT2D eigenvalue weighted by Gasteiger charge is -2.21. The zero-order chi connectivity index (χ0) is 15.6. The monoisotopic (exact) mass is 304 g/mol. The summed E-state index contributed by atoms with van der Waals surface area (Å²) >= 11 is 0. The molecule has 1 aromatic rings. The summed E-state index contributed by atoms with van der Waals surface area (Å²) in [4.78, 5) is 27.1. The molecule has 22 heavy (non-hydrogen) atoms. The molecule has 6 nitrogen and oxygen atoms in total. The topological polar surface area (TPSA) is 59.1 Å². The fourth-order valence-electron chi connectivity index (χ4n) is 2.99. The molecule has 0 N–H and O–H groups in total. The van der Waals surface area contributed by atoms with Crippen LogP contribution >= 0.6 is 0 Å². The van der Waals surface area contributed by atoms with Gasteiger partial charge in [-0.25, -0.2) is 4.79 Å². The van der Waals surface area contributed by atoms with Gasteiger partial charge in [0.25, 0.3) is 0 Å². The first-order valence-corrected chi connectivity index (χ1v) is 7.48. The van der Waals surface area contributed by atoms with Crippen molar-refractivity contribution < 1.29 is 19.1 Å². The van der Waals surface area contributed by atoms with Gasteiger partial charge in [0.15, 0.2) is 5.60 Å². The van der Waals surface area contributed by atoms with Crippen LogP contribution < -0.4 is 4.74 Å². The van der Waals surface area contributed by atoms with Crippen molar-refractivity contribution in [1.29, 1.82) is 0 Å². The van der Waals surface area contributed by atoms with Gasteiger partial charge in [-0.3, -0.25) is 4.79 Å². The molecule has 1 atom stereocenters. The second kappa shape index (κ2) is 5.87. The molecule has 2 amide bonds. The minimum atomic E-state index is -0.512. The molecule has 3 rings (SSSR count). The van der Waals surface area contributed by atoms with E-state index >= 15 is 0 Å². The van der Waals surface area contributed by atoms with Gasteiger partial charge < -0.3 is 19.3 Å². The first-order valence-electron chi connectivity index (χ1n) is 7.48. The summed E-state index contributed by atoms with van der Waals surface area (Å²) in [5, 5.41) is 0.